The molecule has 0 bridgehead atoms. The van der Waals surface area contributed by atoms with Gasteiger partial charge in [-0.1, -0.05) is 31.4 Å². The highest BCUT2D eigenvalue weighted by atomic mass is 79.9. The van der Waals surface area contributed by atoms with Crippen LogP contribution in [0.4, 0.5) is 0 Å². The van der Waals surface area contributed by atoms with E-state index in [1.807, 2.05) is 18.2 Å². The van der Waals surface area contributed by atoms with Crippen molar-refractivity contribution in [2.45, 2.75) is 32.6 Å². The minimum Gasteiger partial charge on any atom is -0.482 e. The summed E-state index contributed by atoms with van der Waals surface area (Å²) in [7, 11) is 0. The first-order chi connectivity index (χ1) is 13.5. The number of nitrogens with one attached hydrogen (secondary N) is 1. The van der Waals surface area contributed by atoms with Gasteiger partial charge in [0.05, 0.1) is 9.50 Å². The highest BCUT2D eigenvalue weighted by molar-refractivity contribution is 9.10. The molecule has 28 heavy (non-hydrogen) atoms. The second-order valence-corrected chi connectivity index (χ2v) is 7.74. The lowest BCUT2D eigenvalue weighted by molar-refractivity contribution is -0.139. The van der Waals surface area contributed by atoms with Crippen LogP contribution in [0.2, 0.25) is 5.02 Å². The maximum atomic E-state index is 10.6. The maximum absolute atomic E-state index is 10.6. The fourth-order valence-electron chi connectivity index (χ4n) is 2.97. The number of ether oxygens (including phenoxy) is 2. The zero-order valence-electron chi connectivity index (χ0n) is 15.4. The average molecular weight is 467 g/mol. The number of aliphatic carboxylic acids is 1. The molecule has 0 amide bonds. The second-order valence-electron chi connectivity index (χ2n) is 6.48. The number of unbranched alkanes of at least 4 members (excludes halogenated alkanes) is 2. The van der Waals surface area contributed by atoms with Gasteiger partial charge in [-0.25, -0.2) is 4.79 Å². The van der Waals surface area contributed by atoms with Crippen molar-refractivity contribution in [1.82, 2.24) is 4.98 Å². The van der Waals surface area contributed by atoms with Crippen molar-refractivity contribution >= 4 is 44.4 Å². The SMILES string of the molecule is CCCCCc1c[nH]c2ccc(Oc3c(Cl)cc(OCC(=O)O)cc3Br)cc12. The van der Waals surface area contributed by atoms with E-state index in [1.54, 1.807) is 6.07 Å². The second kappa shape index (κ2) is 9.34. The first kappa shape index (κ1) is 20.6. The van der Waals surface area contributed by atoms with Crippen molar-refractivity contribution in [3.63, 3.8) is 0 Å². The predicted molar refractivity (Wildman–Crippen MR) is 114 cm³/mol. The topological polar surface area (TPSA) is 71.5 Å². The van der Waals surface area contributed by atoms with Crippen molar-refractivity contribution in [2.24, 2.45) is 0 Å². The first-order valence-corrected chi connectivity index (χ1v) is 10.3. The molecule has 0 saturated heterocycles. The van der Waals surface area contributed by atoms with E-state index in [-0.39, 0.29) is 0 Å². The average Bonchev–Trinajstić information content (AvgIpc) is 3.05. The minimum atomic E-state index is -1.05. The van der Waals surface area contributed by atoms with Gasteiger partial charge in [0.2, 0.25) is 0 Å². The summed E-state index contributed by atoms with van der Waals surface area (Å²) in [6.07, 6.45) is 6.64. The zero-order valence-corrected chi connectivity index (χ0v) is 17.8. The molecule has 3 rings (SSSR count). The Hall–Kier alpha value is -2.18. The van der Waals surface area contributed by atoms with Crippen molar-refractivity contribution in [3.05, 3.63) is 51.6 Å². The van der Waals surface area contributed by atoms with Crippen molar-refractivity contribution in [1.29, 1.82) is 0 Å². The molecule has 1 aromatic heterocycles. The Morgan fingerprint density at radius 3 is 2.75 bits per heavy atom. The van der Waals surface area contributed by atoms with E-state index in [1.165, 1.54) is 24.5 Å². The van der Waals surface area contributed by atoms with Gasteiger partial charge in [0.25, 0.3) is 0 Å². The number of halogens is 2. The Morgan fingerprint density at radius 2 is 2.04 bits per heavy atom. The van der Waals surface area contributed by atoms with E-state index >= 15 is 0 Å². The largest absolute Gasteiger partial charge is 0.482 e. The van der Waals surface area contributed by atoms with Crippen LogP contribution in [0.15, 0.2) is 41.0 Å². The molecule has 7 heteroatoms. The number of aromatic amines is 1. The summed E-state index contributed by atoms with van der Waals surface area (Å²) in [5.41, 5.74) is 2.35. The van der Waals surface area contributed by atoms with Crippen LogP contribution < -0.4 is 9.47 Å². The molecular weight excluding hydrogens is 446 g/mol. The minimum absolute atomic E-state index is 0.326. The molecule has 0 saturated carbocycles. The molecular formula is C21H21BrClNO4. The normalized spacial score (nSPS) is 11.0. The summed E-state index contributed by atoms with van der Waals surface area (Å²) < 4.78 is 11.8. The van der Waals surface area contributed by atoms with Crippen LogP contribution in [-0.4, -0.2) is 22.7 Å². The number of aryl methyl sites for hydroxylation is 1. The number of hydrogen-bond acceptors (Lipinski definition) is 3. The maximum Gasteiger partial charge on any atom is 0.341 e. The monoisotopic (exact) mass is 465 g/mol. The van der Waals surface area contributed by atoms with Crippen LogP contribution in [0, 0.1) is 0 Å². The summed E-state index contributed by atoms with van der Waals surface area (Å²) in [5.74, 6) is 0.422. The van der Waals surface area contributed by atoms with Gasteiger partial charge >= 0.3 is 5.97 Å². The van der Waals surface area contributed by atoms with Gasteiger partial charge in [-0.3, -0.25) is 0 Å². The Bertz CT molecular complexity index is 963. The quantitative estimate of drug-likeness (QED) is 0.350. The molecule has 5 nitrogen and oxygen atoms in total. The van der Waals surface area contributed by atoms with E-state index in [4.69, 9.17) is 26.2 Å². The summed E-state index contributed by atoms with van der Waals surface area (Å²) in [5, 5.41) is 10.2. The van der Waals surface area contributed by atoms with Gasteiger partial charge in [-0.15, -0.1) is 0 Å². The van der Waals surface area contributed by atoms with E-state index in [9.17, 15) is 4.79 Å². The fraction of sp³-hybridized carbons (Fsp3) is 0.286. The van der Waals surface area contributed by atoms with Gasteiger partial charge < -0.3 is 19.6 Å². The molecule has 2 aromatic carbocycles. The number of carboxylic acids is 1. The highest BCUT2D eigenvalue weighted by Crippen LogP contribution is 2.40. The number of rotatable bonds is 9. The van der Waals surface area contributed by atoms with Crippen LogP contribution >= 0.6 is 27.5 Å². The van der Waals surface area contributed by atoms with Gasteiger partial charge in [-0.05, 0) is 58.6 Å². The van der Waals surface area contributed by atoms with E-state index < -0.39 is 12.6 Å². The third-order valence-corrected chi connectivity index (χ3v) is 5.21. The Kier molecular flexibility index (Phi) is 6.86. The van der Waals surface area contributed by atoms with E-state index in [0.29, 0.717) is 26.7 Å². The van der Waals surface area contributed by atoms with Crippen molar-refractivity contribution in [2.75, 3.05) is 6.61 Å². The molecule has 0 atom stereocenters. The molecule has 2 N–H and O–H groups in total. The number of hydrogen-bond donors (Lipinski definition) is 2. The van der Waals surface area contributed by atoms with Crippen LogP contribution in [0.1, 0.15) is 31.7 Å². The van der Waals surface area contributed by atoms with Crippen molar-refractivity contribution in [3.8, 4) is 17.2 Å². The lowest BCUT2D eigenvalue weighted by Gasteiger charge is -2.12. The Balaban J connectivity index is 1.81. The molecule has 0 aliphatic rings. The molecule has 0 radical (unpaired) electrons. The van der Waals surface area contributed by atoms with Crippen LogP contribution in [0.5, 0.6) is 17.2 Å². The first-order valence-electron chi connectivity index (χ1n) is 9.09. The third kappa shape index (κ3) is 5.00. The lowest BCUT2D eigenvalue weighted by atomic mass is 10.1. The Morgan fingerprint density at radius 1 is 1.21 bits per heavy atom. The number of aromatic nitrogens is 1. The van der Waals surface area contributed by atoms with E-state index in [0.717, 1.165) is 23.7 Å². The van der Waals surface area contributed by atoms with Crippen LogP contribution in [0.3, 0.4) is 0 Å². The summed E-state index contributed by atoms with van der Waals surface area (Å²) >= 11 is 9.74. The fourth-order valence-corrected chi connectivity index (χ4v) is 3.86. The highest BCUT2D eigenvalue weighted by Gasteiger charge is 2.13. The molecule has 1 heterocycles. The number of carbonyl (C=O) groups is 1. The summed E-state index contributed by atoms with van der Waals surface area (Å²) in [6.45, 7) is 1.76. The molecule has 0 aliphatic carbocycles. The summed E-state index contributed by atoms with van der Waals surface area (Å²) in [4.78, 5) is 14.0. The van der Waals surface area contributed by atoms with Gasteiger partial charge in [0.15, 0.2) is 12.4 Å². The zero-order chi connectivity index (χ0) is 20.1. The molecule has 0 unspecified atom stereocenters. The molecule has 0 aliphatic heterocycles. The van der Waals surface area contributed by atoms with E-state index in [2.05, 4.69) is 34.0 Å². The van der Waals surface area contributed by atoms with Crippen LogP contribution in [0.25, 0.3) is 10.9 Å². The number of H-pyrrole nitrogens is 1. The van der Waals surface area contributed by atoms with Gasteiger partial charge in [-0.2, -0.15) is 0 Å². The molecule has 0 fully saturated rings. The molecule has 0 spiro atoms. The lowest BCUT2D eigenvalue weighted by Crippen LogP contribution is -2.09. The van der Waals surface area contributed by atoms with Gasteiger partial charge in [0.1, 0.15) is 11.5 Å². The third-order valence-electron chi connectivity index (χ3n) is 4.34. The number of benzene rings is 2. The van der Waals surface area contributed by atoms with Crippen molar-refractivity contribution < 1.29 is 19.4 Å². The molecule has 3 aromatic rings. The smallest absolute Gasteiger partial charge is 0.341 e. The predicted octanol–water partition coefficient (Wildman–Crippen LogP) is 6.57. The van der Waals surface area contributed by atoms with Crippen LogP contribution in [-0.2, 0) is 11.2 Å². The number of fused-ring (bicyclic) bond motifs is 1. The standard InChI is InChI=1S/C21H21BrClNO4/c1-2-3-4-5-13-11-24-19-7-6-14(8-16(13)19)28-21-17(22)9-15(10-18(21)23)27-12-20(25)26/h6-11,24H,2-5,12H2,1H3,(H,25,26). The number of carboxylic acid groups (broad SMARTS) is 1. The Labute approximate surface area is 176 Å². The summed E-state index contributed by atoms with van der Waals surface area (Å²) in [6, 6.07) is 9.04. The van der Waals surface area contributed by atoms with Gasteiger partial charge in [0, 0.05) is 23.2 Å². The molecule has 148 valence electrons.